The van der Waals surface area contributed by atoms with Crippen LogP contribution in [0.5, 0.6) is 5.75 Å². The Kier molecular flexibility index (Phi) is 9.16. The fraction of sp³-hybridized carbons (Fsp3) is 0.444. The predicted molar refractivity (Wildman–Crippen MR) is 139 cm³/mol. The number of nitrogens with zero attached hydrogens (tertiary/aromatic N) is 1. The van der Waals surface area contributed by atoms with Crippen LogP contribution >= 0.6 is 0 Å². The third kappa shape index (κ3) is 7.78. The molecule has 1 heterocycles. The number of carboxylic acid groups (broad SMARTS) is 1. The van der Waals surface area contributed by atoms with Gasteiger partial charge in [-0.1, -0.05) is 29.8 Å². The summed E-state index contributed by atoms with van der Waals surface area (Å²) < 4.78 is 38.1. The average molecular weight is 547 g/mol. The van der Waals surface area contributed by atoms with Crippen molar-refractivity contribution >= 4 is 27.9 Å². The van der Waals surface area contributed by atoms with Crippen molar-refractivity contribution in [1.29, 1.82) is 0 Å². The molecule has 1 aliphatic heterocycles. The van der Waals surface area contributed by atoms with Crippen molar-refractivity contribution in [2.24, 2.45) is 0 Å². The van der Waals surface area contributed by atoms with Gasteiger partial charge in [0, 0.05) is 13.0 Å². The van der Waals surface area contributed by atoms with E-state index in [9.17, 15) is 27.9 Å². The molecule has 2 N–H and O–H groups in total. The second kappa shape index (κ2) is 12.0. The molecular formula is C27H34N2O8S. The molecule has 0 bridgehead atoms. The molecule has 1 saturated heterocycles. The molecule has 1 amide bonds. The third-order valence-corrected chi connectivity index (χ3v) is 7.81. The Labute approximate surface area is 223 Å². The summed E-state index contributed by atoms with van der Waals surface area (Å²) in [5.74, 6) is -2.00. The number of amides is 1. The Hall–Kier alpha value is -3.44. The van der Waals surface area contributed by atoms with Crippen molar-refractivity contribution in [3.8, 4) is 5.75 Å². The smallest absolute Gasteiger partial charge is 0.344 e. The van der Waals surface area contributed by atoms with Crippen molar-refractivity contribution in [3.63, 3.8) is 0 Å². The fourth-order valence-electron chi connectivity index (χ4n) is 4.07. The van der Waals surface area contributed by atoms with Crippen LogP contribution in [0.15, 0.2) is 53.4 Å². The predicted octanol–water partition coefficient (Wildman–Crippen LogP) is 2.68. The van der Waals surface area contributed by atoms with Crippen LogP contribution in [-0.4, -0.2) is 66.5 Å². The summed E-state index contributed by atoms with van der Waals surface area (Å²) in [7, 11) is -3.91. The van der Waals surface area contributed by atoms with Crippen LogP contribution in [0.2, 0.25) is 0 Å². The zero-order valence-electron chi connectivity index (χ0n) is 22.0. The monoisotopic (exact) mass is 546 g/mol. The van der Waals surface area contributed by atoms with E-state index in [0.29, 0.717) is 24.2 Å². The van der Waals surface area contributed by atoms with E-state index < -0.39 is 45.6 Å². The molecule has 0 aromatic heterocycles. The molecule has 0 aliphatic carbocycles. The van der Waals surface area contributed by atoms with Gasteiger partial charge in [0.15, 0.2) is 6.61 Å². The van der Waals surface area contributed by atoms with E-state index in [1.807, 2.05) is 6.92 Å². The van der Waals surface area contributed by atoms with Gasteiger partial charge in [0.05, 0.1) is 4.90 Å². The summed E-state index contributed by atoms with van der Waals surface area (Å²) in [5.41, 5.74) is 0.894. The number of nitrogens with one attached hydrogen (secondary N) is 1. The molecule has 38 heavy (non-hydrogen) atoms. The SMILES string of the molecule is Cc1ccc(S(=O)(=O)N2CCC[C@H]2C(=O)N[C@@H](Cc2ccc(OCC(=O)OC(C)(C)C)cc2)C(=O)O)cc1. The number of hydrogen-bond acceptors (Lipinski definition) is 7. The Morgan fingerprint density at radius 2 is 1.71 bits per heavy atom. The topological polar surface area (TPSA) is 139 Å². The van der Waals surface area contributed by atoms with Gasteiger partial charge in [-0.15, -0.1) is 0 Å². The molecule has 0 radical (unpaired) electrons. The number of aryl methyl sites for hydroxylation is 1. The maximum Gasteiger partial charge on any atom is 0.344 e. The lowest BCUT2D eigenvalue weighted by molar-refractivity contribution is -0.157. The number of sulfonamides is 1. The number of carboxylic acids is 1. The molecule has 0 spiro atoms. The van der Waals surface area contributed by atoms with E-state index in [0.717, 1.165) is 9.87 Å². The molecular weight excluding hydrogens is 512 g/mol. The summed E-state index contributed by atoms with van der Waals surface area (Å²) in [6, 6.07) is 10.6. The van der Waals surface area contributed by atoms with Crippen LogP contribution in [-0.2, 0) is 35.6 Å². The zero-order valence-corrected chi connectivity index (χ0v) is 22.8. The molecule has 2 aromatic carbocycles. The molecule has 2 atom stereocenters. The Bertz CT molecular complexity index is 1250. The van der Waals surface area contributed by atoms with Crippen molar-refractivity contribution in [1.82, 2.24) is 9.62 Å². The van der Waals surface area contributed by atoms with Gasteiger partial charge in [0.1, 0.15) is 23.4 Å². The lowest BCUT2D eigenvalue weighted by Gasteiger charge is -2.25. The van der Waals surface area contributed by atoms with Gasteiger partial charge < -0.3 is 19.9 Å². The normalized spacial score (nSPS) is 17.0. The molecule has 1 fully saturated rings. The van der Waals surface area contributed by atoms with Crippen molar-refractivity contribution in [2.75, 3.05) is 13.2 Å². The largest absolute Gasteiger partial charge is 0.482 e. The number of ether oxygens (including phenoxy) is 2. The first-order valence-corrected chi connectivity index (χ1v) is 13.8. The third-order valence-electron chi connectivity index (χ3n) is 5.89. The van der Waals surface area contributed by atoms with Gasteiger partial charge in [0.25, 0.3) is 0 Å². The van der Waals surface area contributed by atoms with Crippen LogP contribution in [0.3, 0.4) is 0 Å². The summed E-state index contributed by atoms with van der Waals surface area (Å²) in [4.78, 5) is 36.9. The van der Waals surface area contributed by atoms with E-state index in [2.05, 4.69) is 5.32 Å². The molecule has 0 unspecified atom stereocenters. The van der Waals surface area contributed by atoms with E-state index in [1.54, 1.807) is 57.2 Å². The number of rotatable bonds is 10. The number of carbonyl (C=O) groups excluding carboxylic acids is 2. The molecule has 3 rings (SSSR count). The van der Waals surface area contributed by atoms with Gasteiger partial charge in [-0.25, -0.2) is 18.0 Å². The number of carbonyl (C=O) groups is 3. The highest BCUT2D eigenvalue weighted by molar-refractivity contribution is 7.89. The first kappa shape index (κ1) is 29.1. The minimum absolute atomic E-state index is 0.0230. The van der Waals surface area contributed by atoms with E-state index in [-0.39, 0.29) is 24.5 Å². The van der Waals surface area contributed by atoms with E-state index >= 15 is 0 Å². The van der Waals surface area contributed by atoms with E-state index in [1.165, 1.54) is 12.1 Å². The highest BCUT2D eigenvalue weighted by Gasteiger charge is 2.40. The molecule has 0 saturated carbocycles. The lowest BCUT2D eigenvalue weighted by Crippen LogP contribution is -2.51. The van der Waals surface area contributed by atoms with Crippen LogP contribution in [0, 0.1) is 6.92 Å². The van der Waals surface area contributed by atoms with Crippen molar-refractivity contribution in [2.45, 2.75) is 69.5 Å². The molecule has 10 nitrogen and oxygen atoms in total. The molecule has 206 valence electrons. The van der Waals surface area contributed by atoms with E-state index in [4.69, 9.17) is 9.47 Å². The number of benzene rings is 2. The van der Waals surface area contributed by atoms with Crippen LogP contribution in [0.25, 0.3) is 0 Å². The minimum Gasteiger partial charge on any atom is -0.482 e. The minimum atomic E-state index is -3.91. The zero-order chi connectivity index (χ0) is 28.1. The maximum absolute atomic E-state index is 13.2. The first-order valence-electron chi connectivity index (χ1n) is 12.3. The first-order chi connectivity index (χ1) is 17.8. The number of aliphatic carboxylic acids is 1. The lowest BCUT2D eigenvalue weighted by atomic mass is 10.1. The average Bonchev–Trinajstić information content (AvgIpc) is 3.33. The summed E-state index contributed by atoms with van der Waals surface area (Å²) in [6.45, 7) is 7.02. The van der Waals surface area contributed by atoms with Gasteiger partial charge in [-0.05, 0) is 70.4 Å². The van der Waals surface area contributed by atoms with Crippen LogP contribution in [0.4, 0.5) is 0 Å². The van der Waals surface area contributed by atoms with Crippen LogP contribution in [0.1, 0.15) is 44.7 Å². The second-order valence-electron chi connectivity index (χ2n) is 10.2. The van der Waals surface area contributed by atoms with Crippen molar-refractivity contribution in [3.05, 3.63) is 59.7 Å². The molecule has 2 aromatic rings. The van der Waals surface area contributed by atoms with Crippen LogP contribution < -0.4 is 10.1 Å². The summed E-state index contributed by atoms with van der Waals surface area (Å²) in [5, 5.41) is 12.2. The van der Waals surface area contributed by atoms with Gasteiger partial charge >= 0.3 is 11.9 Å². The molecule has 1 aliphatic rings. The summed E-state index contributed by atoms with van der Waals surface area (Å²) >= 11 is 0. The number of esters is 1. The maximum atomic E-state index is 13.2. The number of hydrogen-bond donors (Lipinski definition) is 2. The Morgan fingerprint density at radius 3 is 2.29 bits per heavy atom. The highest BCUT2D eigenvalue weighted by atomic mass is 32.2. The van der Waals surface area contributed by atoms with Gasteiger partial charge in [0.2, 0.25) is 15.9 Å². The Balaban J connectivity index is 1.63. The highest BCUT2D eigenvalue weighted by Crippen LogP contribution is 2.26. The molecule has 11 heteroatoms. The second-order valence-corrected chi connectivity index (χ2v) is 12.1. The van der Waals surface area contributed by atoms with Gasteiger partial charge in [-0.2, -0.15) is 4.31 Å². The summed E-state index contributed by atoms with van der Waals surface area (Å²) in [6.07, 6.45) is 0.767. The van der Waals surface area contributed by atoms with Gasteiger partial charge in [-0.3, -0.25) is 4.79 Å². The Morgan fingerprint density at radius 1 is 1.08 bits per heavy atom. The van der Waals surface area contributed by atoms with Crippen molar-refractivity contribution < 1.29 is 37.4 Å². The standard InChI is InChI=1S/C27H34N2O8S/c1-18-7-13-21(14-8-18)38(34,35)29-15-5-6-23(29)25(31)28-22(26(32)33)16-19-9-11-20(12-10-19)36-17-24(30)37-27(2,3)4/h7-14,22-23H,5-6,15-17H2,1-4H3,(H,28,31)(H,32,33)/t22-,23-/m0/s1. The quantitative estimate of drug-likeness (QED) is 0.434. The fourth-order valence-corrected chi connectivity index (χ4v) is 5.73.